The topological polar surface area (TPSA) is 66.0 Å². The lowest BCUT2D eigenvalue weighted by Gasteiger charge is -2.38. The maximum absolute atomic E-state index is 13.2. The van der Waals surface area contributed by atoms with Crippen LogP contribution in [0.1, 0.15) is 28.9 Å². The molecule has 2 N–H and O–H groups in total. The fourth-order valence-electron chi connectivity index (χ4n) is 3.41. The molecule has 8 heteroatoms. The number of amides is 1. The number of benzene rings is 2. The molecule has 1 aliphatic heterocycles. The van der Waals surface area contributed by atoms with Gasteiger partial charge in [0.1, 0.15) is 11.9 Å². The first kappa shape index (κ1) is 22.1. The molecule has 2 aromatic carbocycles. The van der Waals surface area contributed by atoms with E-state index in [4.69, 9.17) is 16.3 Å². The van der Waals surface area contributed by atoms with Crippen molar-refractivity contribution in [1.82, 2.24) is 15.5 Å². The minimum absolute atomic E-state index is 0.00715. The molecule has 0 radical (unpaired) electrons. The highest BCUT2D eigenvalue weighted by molar-refractivity contribution is 6.33. The summed E-state index contributed by atoms with van der Waals surface area (Å²) in [6, 6.07) is 13.3. The lowest BCUT2D eigenvalue weighted by Crippen LogP contribution is -2.51. The Balaban J connectivity index is 1.53. The molecule has 0 saturated carbocycles. The van der Waals surface area contributed by atoms with Crippen molar-refractivity contribution in [2.45, 2.75) is 19.1 Å². The number of nitrogens with one attached hydrogen (secondary N) is 2. The SMILES string of the molecule is CN=C(NCCNC(=O)c1ccccc1Cl)N1CC(C)OC(c2ccc(F)cc2)C1. The summed E-state index contributed by atoms with van der Waals surface area (Å²) in [6.07, 6.45) is -0.180. The quantitative estimate of drug-likeness (QED) is 0.432. The Kier molecular flexibility index (Phi) is 7.65. The van der Waals surface area contributed by atoms with Gasteiger partial charge in [-0.05, 0) is 36.8 Å². The van der Waals surface area contributed by atoms with Crippen LogP contribution in [0, 0.1) is 5.82 Å². The second kappa shape index (κ2) is 10.4. The van der Waals surface area contributed by atoms with Crippen molar-refractivity contribution >= 4 is 23.5 Å². The van der Waals surface area contributed by atoms with Crippen LogP contribution in [-0.2, 0) is 4.74 Å². The van der Waals surface area contributed by atoms with Gasteiger partial charge in [-0.15, -0.1) is 0 Å². The molecule has 3 rings (SSSR count). The molecule has 1 heterocycles. The molecule has 6 nitrogen and oxygen atoms in total. The lowest BCUT2D eigenvalue weighted by atomic mass is 10.1. The number of aliphatic imine (C=N–C) groups is 1. The minimum Gasteiger partial charge on any atom is -0.367 e. The Bertz CT molecular complexity index is 891. The summed E-state index contributed by atoms with van der Waals surface area (Å²) >= 11 is 6.06. The molecule has 0 aliphatic carbocycles. The zero-order valence-electron chi connectivity index (χ0n) is 17.1. The Morgan fingerprint density at radius 3 is 2.57 bits per heavy atom. The summed E-state index contributed by atoms with van der Waals surface area (Å²) in [5, 5.41) is 6.55. The molecule has 0 spiro atoms. The highest BCUT2D eigenvalue weighted by Gasteiger charge is 2.28. The van der Waals surface area contributed by atoms with E-state index in [9.17, 15) is 9.18 Å². The zero-order valence-corrected chi connectivity index (χ0v) is 17.8. The molecule has 160 valence electrons. The predicted molar refractivity (Wildman–Crippen MR) is 116 cm³/mol. The van der Waals surface area contributed by atoms with Gasteiger partial charge in [-0.1, -0.05) is 35.9 Å². The van der Waals surface area contributed by atoms with Crippen LogP contribution in [0.2, 0.25) is 5.02 Å². The number of nitrogens with zero attached hydrogens (tertiary/aromatic N) is 2. The van der Waals surface area contributed by atoms with E-state index in [0.717, 1.165) is 11.5 Å². The van der Waals surface area contributed by atoms with Crippen LogP contribution in [0.5, 0.6) is 0 Å². The first-order valence-corrected chi connectivity index (χ1v) is 10.2. The number of hydrogen-bond donors (Lipinski definition) is 2. The van der Waals surface area contributed by atoms with Crippen molar-refractivity contribution in [3.8, 4) is 0 Å². The van der Waals surface area contributed by atoms with Crippen LogP contribution in [-0.4, -0.2) is 56.1 Å². The van der Waals surface area contributed by atoms with Gasteiger partial charge >= 0.3 is 0 Å². The van der Waals surface area contributed by atoms with Crippen LogP contribution >= 0.6 is 11.6 Å². The lowest BCUT2D eigenvalue weighted by molar-refractivity contribution is -0.0604. The van der Waals surface area contributed by atoms with Gasteiger partial charge in [0.15, 0.2) is 5.96 Å². The Morgan fingerprint density at radius 2 is 1.87 bits per heavy atom. The van der Waals surface area contributed by atoms with E-state index >= 15 is 0 Å². The Labute approximate surface area is 181 Å². The van der Waals surface area contributed by atoms with Crippen molar-refractivity contribution in [3.05, 3.63) is 70.5 Å². The van der Waals surface area contributed by atoms with E-state index in [1.807, 2.05) is 6.92 Å². The average molecular weight is 433 g/mol. The van der Waals surface area contributed by atoms with Crippen LogP contribution in [0.25, 0.3) is 0 Å². The van der Waals surface area contributed by atoms with E-state index in [1.165, 1.54) is 12.1 Å². The molecular weight excluding hydrogens is 407 g/mol. The van der Waals surface area contributed by atoms with E-state index in [2.05, 4.69) is 20.5 Å². The molecule has 2 aromatic rings. The summed E-state index contributed by atoms with van der Waals surface area (Å²) in [4.78, 5) is 18.7. The van der Waals surface area contributed by atoms with Crippen LogP contribution in [0.3, 0.4) is 0 Å². The fourth-order valence-corrected chi connectivity index (χ4v) is 3.63. The molecule has 0 aromatic heterocycles. The summed E-state index contributed by atoms with van der Waals surface area (Å²) in [6.45, 7) is 4.21. The third-order valence-electron chi connectivity index (χ3n) is 4.83. The maximum atomic E-state index is 13.2. The first-order chi connectivity index (χ1) is 14.5. The van der Waals surface area contributed by atoms with Crippen molar-refractivity contribution in [2.24, 2.45) is 4.99 Å². The molecule has 1 saturated heterocycles. The third kappa shape index (κ3) is 5.70. The number of halogens is 2. The monoisotopic (exact) mass is 432 g/mol. The van der Waals surface area contributed by atoms with Gasteiger partial charge in [-0.2, -0.15) is 0 Å². The Morgan fingerprint density at radius 1 is 1.17 bits per heavy atom. The van der Waals surface area contributed by atoms with Crippen LogP contribution in [0.4, 0.5) is 4.39 Å². The largest absolute Gasteiger partial charge is 0.367 e. The average Bonchev–Trinajstić information content (AvgIpc) is 2.74. The first-order valence-electron chi connectivity index (χ1n) is 9.87. The van der Waals surface area contributed by atoms with Crippen molar-refractivity contribution in [2.75, 3.05) is 33.2 Å². The minimum atomic E-state index is -0.268. The molecule has 1 amide bonds. The summed E-state index contributed by atoms with van der Waals surface area (Å²) in [5.74, 6) is 0.244. The maximum Gasteiger partial charge on any atom is 0.252 e. The number of ether oxygens (including phenoxy) is 1. The molecule has 0 bridgehead atoms. The van der Waals surface area contributed by atoms with Crippen molar-refractivity contribution < 1.29 is 13.9 Å². The smallest absolute Gasteiger partial charge is 0.252 e. The number of rotatable bonds is 5. The number of carbonyl (C=O) groups excluding carboxylic acids is 1. The molecule has 1 fully saturated rings. The standard InChI is InChI=1S/C22H26ClFN4O2/c1-15-13-28(14-20(30-15)16-7-9-17(24)10-8-16)22(25-2)27-12-11-26-21(29)18-5-3-4-6-19(18)23/h3-10,15,20H,11-14H2,1-2H3,(H,25,27)(H,26,29). The molecule has 2 unspecified atom stereocenters. The van der Waals surface area contributed by atoms with Crippen molar-refractivity contribution in [1.29, 1.82) is 0 Å². The second-order valence-electron chi connectivity index (χ2n) is 7.10. The molecular formula is C22H26ClFN4O2. The van der Waals surface area contributed by atoms with E-state index < -0.39 is 0 Å². The van der Waals surface area contributed by atoms with Gasteiger partial charge in [-0.25, -0.2) is 4.39 Å². The Hall–Kier alpha value is -2.64. The van der Waals surface area contributed by atoms with Gasteiger partial charge in [0.05, 0.1) is 23.2 Å². The normalized spacial score (nSPS) is 19.5. The number of carbonyl (C=O) groups is 1. The van der Waals surface area contributed by atoms with Crippen LogP contribution in [0.15, 0.2) is 53.5 Å². The van der Waals surface area contributed by atoms with Gasteiger partial charge in [0.25, 0.3) is 5.91 Å². The summed E-state index contributed by atoms with van der Waals surface area (Å²) in [7, 11) is 1.72. The third-order valence-corrected chi connectivity index (χ3v) is 5.16. The predicted octanol–water partition coefficient (Wildman–Crippen LogP) is 3.25. The van der Waals surface area contributed by atoms with Gasteiger partial charge < -0.3 is 20.3 Å². The van der Waals surface area contributed by atoms with Crippen molar-refractivity contribution in [3.63, 3.8) is 0 Å². The van der Waals surface area contributed by atoms with Crippen LogP contribution < -0.4 is 10.6 Å². The van der Waals surface area contributed by atoms with E-state index in [-0.39, 0.29) is 23.9 Å². The van der Waals surface area contributed by atoms with E-state index in [1.54, 1.807) is 43.4 Å². The summed E-state index contributed by atoms with van der Waals surface area (Å²) < 4.78 is 19.3. The second-order valence-corrected chi connectivity index (χ2v) is 7.51. The van der Waals surface area contributed by atoms with Gasteiger partial charge in [-0.3, -0.25) is 9.79 Å². The summed E-state index contributed by atoms with van der Waals surface area (Å²) in [5.41, 5.74) is 1.38. The number of hydrogen-bond acceptors (Lipinski definition) is 3. The molecule has 1 aliphatic rings. The highest BCUT2D eigenvalue weighted by Crippen LogP contribution is 2.25. The number of morpholine rings is 1. The zero-order chi connectivity index (χ0) is 21.5. The number of guanidine groups is 1. The van der Waals surface area contributed by atoms with Gasteiger partial charge in [0, 0.05) is 26.7 Å². The molecule has 30 heavy (non-hydrogen) atoms. The molecule has 2 atom stereocenters. The van der Waals surface area contributed by atoms with Gasteiger partial charge in [0.2, 0.25) is 0 Å². The highest BCUT2D eigenvalue weighted by atomic mass is 35.5. The van der Waals surface area contributed by atoms with E-state index in [0.29, 0.717) is 36.8 Å². The fraction of sp³-hybridized carbons (Fsp3) is 0.364.